The molecule has 1 aliphatic carbocycles. The van der Waals surface area contributed by atoms with E-state index < -0.39 is 0 Å². The second-order valence-corrected chi connectivity index (χ2v) is 9.68. The molecule has 1 fully saturated rings. The van der Waals surface area contributed by atoms with Crippen molar-refractivity contribution in [3.63, 3.8) is 0 Å². The molecular formula is C28H33N3O3. The first-order valence-corrected chi connectivity index (χ1v) is 12.3. The number of rotatable bonds is 5. The highest BCUT2D eigenvalue weighted by atomic mass is 16.5. The van der Waals surface area contributed by atoms with Crippen LogP contribution in [0.3, 0.4) is 0 Å². The van der Waals surface area contributed by atoms with Gasteiger partial charge in [0.15, 0.2) is 0 Å². The number of fused-ring (bicyclic) bond motifs is 1. The number of nitrogens with one attached hydrogen (secondary N) is 2. The van der Waals surface area contributed by atoms with Gasteiger partial charge in [-0.05, 0) is 79.3 Å². The molecule has 2 aliphatic heterocycles. The van der Waals surface area contributed by atoms with Crippen molar-refractivity contribution in [2.45, 2.75) is 45.3 Å². The van der Waals surface area contributed by atoms with E-state index in [2.05, 4.69) is 41.8 Å². The Bertz CT molecular complexity index is 1120. The molecule has 0 bridgehead atoms. The smallest absolute Gasteiger partial charge is 0.251 e. The summed E-state index contributed by atoms with van der Waals surface area (Å²) >= 11 is 0. The molecule has 6 heteroatoms. The molecule has 1 saturated carbocycles. The molecule has 5 rings (SSSR count). The van der Waals surface area contributed by atoms with Gasteiger partial charge >= 0.3 is 0 Å². The third-order valence-electron chi connectivity index (χ3n) is 7.39. The summed E-state index contributed by atoms with van der Waals surface area (Å²) in [6.45, 7) is 5.74. The second-order valence-electron chi connectivity index (χ2n) is 9.68. The number of benzene rings is 2. The lowest BCUT2D eigenvalue weighted by Crippen LogP contribution is -2.50. The zero-order valence-corrected chi connectivity index (χ0v) is 20.1. The Balaban J connectivity index is 1.55. The van der Waals surface area contributed by atoms with Gasteiger partial charge in [0.2, 0.25) is 5.91 Å². The summed E-state index contributed by atoms with van der Waals surface area (Å²) in [5.74, 6) is 1.36. The molecular weight excluding hydrogens is 426 g/mol. The van der Waals surface area contributed by atoms with Crippen LogP contribution < -0.4 is 20.3 Å². The molecule has 0 radical (unpaired) electrons. The summed E-state index contributed by atoms with van der Waals surface area (Å²) in [5.41, 5.74) is 5.16. The summed E-state index contributed by atoms with van der Waals surface area (Å²) in [6, 6.07) is 13.9. The molecule has 0 aromatic heterocycles. The SMILES string of the molecule is CNC(=O)c1ccc(O[C@H]2c3cc(C4=CCNCC4)ccc3N(C(C)=O)[C@@H](C3CC3)[C@@H]2C)cc1. The van der Waals surface area contributed by atoms with E-state index in [0.717, 1.165) is 49.4 Å². The third kappa shape index (κ3) is 4.23. The highest BCUT2D eigenvalue weighted by Gasteiger charge is 2.48. The van der Waals surface area contributed by atoms with Crippen molar-refractivity contribution in [1.82, 2.24) is 10.6 Å². The van der Waals surface area contributed by atoms with Crippen LogP contribution in [-0.2, 0) is 4.79 Å². The van der Waals surface area contributed by atoms with Gasteiger partial charge in [0, 0.05) is 43.6 Å². The first-order chi connectivity index (χ1) is 16.5. The Morgan fingerprint density at radius 1 is 1.12 bits per heavy atom. The van der Waals surface area contributed by atoms with Crippen molar-refractivity contribution in [1.29, 1.82) is 0 Å². The lowest BCUT2D eigenvalue weighted by atomic mass is 9.80. The summed E-state index contributed by atoms with van der Waals surface area (Å²) in [4.78, 5) is 26.8. The number of anilines is 1. The van der Waals surface area contributed by atoms with Crippen LogP contribution in [0.15, 0.2) is 48.5 Å². The Hall–Kier alpha value is -3.12. The van der Waals surface area contributed by atoms with Gasteiger partial charge in [-0.2, -0.15) is 0 Å². The maximum atomic E-state index is 12.9. The van der Waals surface area contributed by atoms with E-state index >= 15 is 0 Å². The van der Waals surface area contributed by atoms with Crippen LogP contribution in [0.2, 0.25) is 0 Å². The molecule has 3 atom stereocenters. The van der Waals surface area contributed by atoms with Crippen LogP contribution in [-0.4, -0.2) is 38.0 Å². The molecule has 0 saturated heterocycles. The molecule has 2 aromatic rings. The van der Waals surface area contributed by atoms with E-state index in [9.17, 15) is 9.59 Å². The number of carbonyl (C=O) groups is 2. The van der Waals surface area contributed by atoms with E-state index in [0.29, 0.717) is 11.5 Å². The number of amides is 2. The minimum Gasteiger partial charge on any atom is -0.485 e. The number of hydrogen-bond acceptors (Lipinski definition) is 4. The standard InChI is InChI=1S/C28H33N3O3/c1-17-26(20-4-5-20)31(18(2)32)25-11-8-22(19-12-14-30-15-13-19)16-24(25)27(17)34-23-9-6-21(7-10-23)28(33)29-3/h6-12,16-17,20,26-27,30H,4-5,13-15H2,1-3H3,(H,29,33)/t17-,26+,27+/m0/s1. The van der Waals surface area contributed by atoms with Crippen LogP contribution in [0.25, 0.3) is 5.57 Å². The molecule has 2 heterocycles. The van der Waals surface area contributed by atoms with Crippen molar-refractivity contribution in [2.24, 2.45) is 11.8 Å². The average molecular weight is 460 g/mol. The summed E-state index contributed by atoms with van der Waals surface area (Å²) in [6.07, 6.45) is 5.37. The molecule has 2 N–H and O–H groups in total. The molecule has 178 valence electrons. The monoisotopic (exact) mass is 459 g/mol. The Morgan fingerprint density at radius 2 is 1.88 bits per heavy atom. The quantitative estimate of drug-likeness (QED) is 0.699. The third-order valence-corrected chi connectivity index (χ3v) is 7.39. The van der Waals surface area contributed by atoms with Crippen molar-refractivity contribution in [3.8, 4) is 5.75 Å². The van der Waals surface area contributed by atoms with Crippen LogP contribution in [0, 0.1) is 11.8 Å². The summed E-state index contributed by atoms with van der Waals surface area (Å²) in [7, 11) is 1.63. The van der Waals surface area contributed by atoms with E-state index in [1.165, 1.54) is 11.1 Å². The van der Waals surface area contributed by atoms with Crippen LogP contribution >= 0.6 is 0 Å². The van der Waals surface area contributed by atoms with Crippen LogP contribution in [0.5, 0.6) is 5.75 Å². The number of hydrogen-bond donors (Lipinski definition) is 2. The maximum absolute atomic E-state index is 12.9. The summed E-state index contributed by atoms with van der Waals surface area (Å²) < 4.78 is 6.64. The summed E-state index contributed by atoms with van der Waals surface area (Å²) in [5, 5.41) is 6.03. The fourth-order valence-electron chi connectivity index (χ4n) is 5.55. The normalized spacial score (nSPS) is 24.1. The van der Waals surface area contributed by atoms with E-state index in [4.69, 9.17) is 4.74 Å². The fourth-order valence-corrected chi connectivity index (χ4v) is 5.55. The first kappa shape index (κ1) is 22.7. The van der Waals surface area contributed by atoms with Crippen LogP contribution in [0.1, 0.15) is 60.7 Å². The van der Waals surface area contributed by atoms with E-state index in [1.54, 1.807) is 26.1 Å². The lowest BCUT2D eigenvalue weighted by molar-refractivity contribution is -0.117. The van der Waals surface area contributed by atoms with Crippen molar-refractivity contribution >= 4 is 23.1 Å². The number of nitrogens with zero attached hydrogens (tertiary/aromatic N) is 1. The number of carbonyl (C=O) groups excluding carboxylic acids is 2. The Morgan fingerprint density at radius 3 is 2.50 bits per heavy atom. The zero-order chi connectivity index (χ0) is 23.8. The van der Waals surface area contributed by atoms with Gasteiger partial charge < -0.3 is 20.3 Å². The van der Waals surface area contributed by atoms with Gasteiger partial charge in [-0.15, -0.1) is 0 Å². The molecule has 3 aliphatic rings. The van der Waals surface area contributed by atoms with Crippen molar-refractivity contribution in [3.05, 3.63) is 65.2 Å². The lowest BCUT2D eigenvalue weighted by Gasteiger charge is -2.45. The minimum absolute atomic E-state index is 0.0900. The van der Waals surface area contributed by atoms with Gasteiger partial charge in [-0.1, -0.05) is 19.1 Å². The molecule has 2 amide bonds. The molecule has 2 aromatic carbocycles. The highest BCUT2D eigenvalue weighted by molar-refractivity contribution is 5.95. The van der Waals surface area contributed by atoms with E-state index in [-0.39, 0.29) is 29.9 Å². The first-order valence-electron chi connectivity index (χ1n) is 12.3. The van der Waals surface area contributed by atoms with Gasteiger partial charge in [0.1, 0.15) is 11.9 Å². The Labute approximate surface area is 201 Å². The fraction of sp³-hybridized carbons (Fsp3) is 0.429. The maximum Gasteiger partial charge on any atom is 0.251 e. The van der Waals surface area contributed by atoms with Crippen LogP contribution in [0.4, 0.5) is 5.69 Å². The van der Waals surface area contributed by atoms with Crippen molar-refractivity contribution in [2.75, 3.05) is 25.0 Å². The molecule has 0 spiro atoms. The predicted molar refractivity (Wildman–Crippen MR) is 134 cm³/mol. The largest absolute Gasteiger partial charge is 0.485 e. The van der Waals surface area contributed by atoms with E-state index in [1.807, 2.05) is 17.0 Å². The highest BCUT2D eigenvalue weighted by Crippen LogP contribution is 2.50. The number of ether oxygens (including phenoxy) is 1. The minimum atomic E-state index is -0.177. The molecule has 0 unspecified atom stereocenters. The second kappa shape index (κ2) is 9.26. The topological polar surface area (TPSA) is 70.7 Å². The van der Waals surface area contributed by atoms with Gasteiger partial charge in [0.05, 0.1) is 5.69 Å². The zero-order valence-electron chi connectivity index (χ0n) is 20.1. The van der Waals surface area contributed by atoms with Gasteiger partial charge in [0.25, 0.3) is 5.91 Å². The molecule has 34 heavy (non-hydrogen) atoms. The Kier molecular flexibility index (Phi) is 6.17. The molecule has 6 nitrogen and oxygen atoms in total. The average Bonchev–Trinajstić information content (AvgIpc) is 3.70. The van der Waals surface area contributed by atoms with Gasteiger partial charge in [-0.25, -0.2) is 0 Å². The predicted octanol–water partition coefficient (Wildman–Crippen LogP) is 4.32. The van der Waals surface area contributed by atoms with Crippen molar-refractivity contribution < 1.29 is 14.3 Å². The van der Waals surface area contributed by atoms with Gasteiger partial charge in [-0.3, -0.25) is 9.59 Å².